The molecule has 3 heteroatoms. The Morgan fingerprint density at radius 3 is 2.89 bits per heavy atom. The molecule has 2 heterocycles. The Morgan fingerprint density at radius 2 is 2.28 bits per heavy atom. The molecule has 1 saturated heterocycles. The van der Waals surface area contributed by atoms with Gasteiger partial charge in [-0.2, -0.15) is 0 Å². The first-order valence-corrected chi connectivity index (χ1v) is 6.65. The molecule has 1 atom stereocenters. The van der Waals surface area contributed by atoms with E-state index in [4.69, 9.17) is 6.42 Å². The smallest absolute Gasteiger partial charge is 0.128 e. The number of terminal acetylenes is 1. The van der Waals surface area contributed by atoms with Crippen LogP contribution in [-0.4, -0.2) is 30.2 Å². The number of hydrogen-bond acceptors (Lipinski definition) is 3. The average molecular weight is 243 g/mol. The molecule has 18 heavy (non-hydrogen) atoms. The van der Waals surface area contributed by atoms with Gasteiger partial charge >= 0.3 is 0 Å². The molecule has 1 fully saturated rings. The minimum atomic E-state index is 0.418. The van der Waals surface area contributed by atoms with Crippen molar-refractivity contribution < 1.29 is 0 Å². The van der Waals surface area contributed by atoms with E-state index in [-0.39, 0.29) is 0 Å². The number of rotatable bonds is 4. The lowest BCUT2D eigenvalue weighted by molar-refractivity contribution is 0.378. The van der Waals surface area contributed by atoms with Gasteiger partial charge in [-0.05, 0) is 31.9 Å². The Labute approximate surface area is 110 Å². The molecule has 0 radical (unpaired) electrons. The third kappa shape index (κ3) is 3.48. The number of pyridine rings is 1. The molecule has 0 amide bonds. The van der Waals surface area contributed by atoms with Gasteiger partial charge in [-0.25, -0.2) is 4.98 Å². The molecule has 0 saturated carbocycles. The summed E-state index contributed by atoms with van der Waals surface area (Å²) in [5.41, 5.74) is 0. The maximum atomic E-state index is 5.33. The molecular formula is C15H21N3. The molecule has 0 spiro atoms. The Bertz CT molecular complexity index is 388. The molecule has 1 aliphatic rings. The van der Waals surface area contributed by atoms with E-state index in [0.717, 1.165) is 38.2 Å². The lowest BCUT2D eigenvalue weighted by Crippen LogP contribution is -2.45. The van der Waals surface area contributed by atoms with Gasteiger partial charge in [0.2, 0.25) is 0 Å². The van der Waals surface area contributed by atoms with Gasteiger partial charge in [0.1, 0.15) is 5.82 Å². The van der Waals surface area contributed by atoms with Crippen molar-refractivity contribution in [2.75, 3.05) is 18.0 Å². The van der Waals surface area contributed by atoms with Gasteiger partial charge in [-0.15, -0.1) is 12.3 Å². The molecule has 96 valence electrons. The van der Waals surface area contributed by atoms with Crippen LogP contribution < -0.4 is 10.2 Å². The van der Waals surface area contributed by atoms with Crippen LogP contribution in [0.5, 0.6) is 0 Å². The molecule has 1 aromatic rings. The lowest BCUT2D eigenvalue weighted by atomic mass is 10.0. The highest BCUT2D eigenvalue weighted by molar-refractivity contribution is 5.38. The molecule has 1 unspecified atom stereocenters. The fourth-order valence-corrected chi connectivity index (χ4v) is 2.45. The highest BCUT2D eigenvalue weighted by Crippen LogP contribution is 2.17. The molecule has 1 aliphatic heterocycles. The Kier molecular flexibility index (Phi) is 4.60. The van der Waals surface area contributed by atoms with E-state index < -0.39 is 0 Å². The fourth-order valence-electron chi connectivity index (χ4n) is 2.45. The van der Waals surface area contributed by atoms with E-state index >= 15 is 0 Å². The number of hydrogen-bond donors (Lipinski definition) is 1. The van der Waals surface area contributed by atoms with Gasteiger partial charge < -0.3 is 10.2 Å². The zero-order valence-electron chi connectivity index (χ0n) is 11.0. The zero-order chi connectivity index (χ0) is 12.8. The number of piperidine rings is 1. The predicted octanol–water partition coefficient (Wildman–Crippen LogP) is 2.05. The van der Waals surface area contributed by atoms with Crippen molar-refractivity contribution in [3.63, 3.8) is 0 Å². The van der Waals surface area contributed by atoms with Crippen molar-refractivity contribution in [2.24, 2.45) is 0 Å². The Hall–Kier alpha value is -1.53. The van der Waals surface area contributed by atoms with E-state index in [0.29, 0.717) is 12.1 Å². The minimum Gasteiger partial charge on any atom is -0.357 e. The Balaban J connectivity index is 1.80. The molecule has 0 aliphatic carbocycles. The summed E-state index contributed by atoms with van der Waals surface area (Å²) in [5, 5.41) is 3.60. The average Bonchev–Trinajstić information content (AvgIpc) is 2.41. The van der Waals surface area contributed by atoms with Crippen LogP contribution in [0.4, 0.5) is 5.82 Å². The van der Waals surface area contributed by atoms with Crippen molar-refractivity contribution >= 4 is 5.82 Å². The second-order valence-corrected chi connectivity index (χ2v) is 4.93. The molecule has 3 nitrogen and oxygen atoms in total. The van der Waals surface area contributed by atoms with E-state index in [1.165, 1.54) is 0 Å². The monoisotopic (exact) mass is 243 g/mol. The normalized spacial score (nSPS) is 18.3. The zero-order valence-corrected chi connectivity index (χ0v) is 11.0. The number of aromatic nitrogens is 1. The molecule has 2 rings (SSSR count). The van der Waals surface area contributed by atoms with Crippen LogP contribution in [-0.2, 0) is 0 Å². The highest BCUT2D eigenvalue weighted by atomic mass is 15.2. The van der Waals surface area contributed by atoms with Crippen LogP contribution in [0.15, 0.2) is 24.4 Å². The summed E-state index contributed by atoms with van der Waals surface area (Å²) in [6.07, 6.45) is 10.3. The summed E-state index contributed by atoms with van der Waals surface area (Å²) in [7, 11) is 0. The van der Waals surface area contributed by atoms with Gasteiger partial charge in [-0.1, -0.05) is 6.07 Å². The quantitative estimate of drug-likeness (QED) is 0.820. The first-order valence-electron chi connectivity index (χ1n) is 6.65. The topological polar surface area (TPSA) is 28.2 Å². The van der Waals surface area contributed by atoms with Crippen molar-refractivity contribution in [3.05, 3.63) is 24.4 Å². The third-order valence-corrected chi connectivity index (χ3v) is 3.41. The van der Waals surface area contributed by atoms with Crippen LogP contribution >= 0.6 is 0 Å². The van der Waals surface area contributed by atoms with E-state index in [9.17, 15) is 0 Å². The lowest BCUT2D eigenvalue weighted by Gasteiger charge is -2.34. The van der Waals surface area contributed by atoms with Crippen molar-refractivity contribution in [3.8, 4) is 12.3 Å². The van der Waals surface area contributed by atoms with Gasteiger partial charge in [0, 0.05) is 37.8 Å². The van der Waals surface area contributed by atoms with Crippen molar-refractivity contribution in [1.29, 1.82) is 0 Å². The van der Waals surface area contributed by atoms with Gasteiger partial charge in [0.15, 0.2) is 0 Å². The number of anilines is 1. The predicted molar refractivity (Wildman–Crippen MR) is 75.5 cm³/mol. The minimum absolute atomic E-state index is 0.418. The third-order valence-electron chi connectivity index (χ3n) is 3.41. The molecule has 1 N–H and O–H groups in total. The van der Waals surface area contributed by atoms with E-state index in [1.807, 2.05) is 18.3 Å². The van der Waals surface area contributed by atoms with E-state index in [2.05, 4.69) is 34.1 Å². The molecule has 1 aromatic heterocycles. The van der Waals surface area contributed by atoms with Crippen LogP contribution in [0, 0.1) is 12.3 Å². The van der Waals surface area contributed by atoms with Crippen molar-refractivity contribution in [1.82, 2.24) is 10.3 Å². The first-order chi connectivity index (χ1) is 8.79. The maximum absolute atomic E-state index is 5.33. The van der Waals surface area contributed by atoms with E-state index in [1.54, 1.807) is 0 Å². The highest BCUT2D eigenvalue weighted by Gasteiger charge is 2.20. The van der Waals surface area contributed by atoms with Gasteiger partial charge in [0.05, 0.1) is 0 Å². The summed E-state index contributed by atoms with van der Waals surface area (Å²) in [6, 6.07) is 7.09. The Morgan fingerprint density at radius 1 is 1.50 bits per heavy atom. The summed E-state index contributed by atoms with van der Waals surface area (Å²) in [5.74, 6) is 3.80. The van der Waals surface area contributed by atoms with Gasteiger partial charge in [-0.3, -0.25) is 0 Å². The standard InChI is InChI=1S/C15H21N3/c1-3-6-13(2)17-14-8-11-18(12-9-14)15-7-4-5-10-16-15/h1,4-5,7,10,13-14,17H,6,8-9,11-12H2,2H3. The van der Waals surface area contributed by atoms with Crippen LogP contribution in [0.1, 0.15) is 26.2 Å². The van der Waals surface area contributed by atoms with Crippen molar-refractivity contribution in [2.45, 2.75) is 38.3 Å². The number of nitrogens with one attached hydrogen (secondary N) is 1. The van der Waals surface area contributed by atoms with Gasteiger partial charge in [0.25, 0.3) is 0 Å². The summed E-state index contributed by atoms with van der Waals surface area (Å²) < 4.78 is 0. The SMILES string of the molecule is C#CCC(C)NC1CCN(c2ccccn2)CC1. The van der Waals surface area contributed by atoms with Crippen LogP contribution in [0.3, 0.4) is 0 Å². The fraction of sp³-hybridized carbons (Fsp3) is 0.533. The summed E-state index contributed by atoms with van der Waals surface area (Å²) >= 11 is 0. The number of nitrogens with zero attached hydrogens (tertiary/aromatic N) is 2. The van der Waals surface area contributed by atoms with Crippen LogP contribution in [0.25, 0.3) is 0 Å². The van der Waals surface area contributed by atoms with Crippen LogP contribution in [0.2, 0.25) is 0 Å². The first kappa shape index (κ1) is 12.9. The maximum Gasteiger partial charge on any atom is 0.128 e. The largest absolute Gasteiger partial charge is 0.357 e. The second-order valence-electron chi connectivity index (χ2n) is 4.93. The molecule has 0 bridgehead atoms. The summed E-state index contributed by atoms with van der Waals surface area (Å²) in [4.78, 5) is 6.75. The molecular weight excluding hydrogens is 222 g/mol. The molecule has 0 aromatic carbocycles. The summed E-state index contributed by atoms with van der Waals surface area (Å²) in [6.45, 7) is 4.29. The second kappa shape index (κ2) is 6.42.